The predicted octanol–water partition coefficient (Wildman–Crippen LogP) is 1.82. The second kappa shape index (κ2) is 5.71. The average molecular weight is 328 g/mol. The number of nitrogens with zero attached hydrogens (tertiary/aromatic N) is 1. The summed E-state index contributed by atoms with van der Waals surface area (Å²) in [5.74, 6) is -1.24. The number of morpholine rings is 1. The summed E-state index contributed by atoms with van der Waals surface area (Å²) in [6.07, 6.45) is -1.03. The molecule has 1 fully saturated rings. The molecule has 6 heteroatoms. The molecule has 1 amide bonds. The van der Waals surface area contributed by atoms with Crippen molar-refractivity contribution in [3.05, 3.63) is 34.3 Å². The first-order chi connectivity index (χ1) is 9.04. The van der Waals surface area contributed by atoms with Crippen molar-refractivity contribution in [3.8, 4) is 0 Å². The standard InChI is InChI=1S/C13H14BrNO4/c1-2-15-10(16)7-19-12(13(17)18)11(15)8-3-5-9(14)6-4-8/h3-6,11-12H,2,7H2,1H3,(H,17,18). The Morgan fingerprint density at radius 2 is 2.11 bits per heavy atom. The van der Waals surface area contributed by atoms with E-state index < -0.39 is 18.1 Å². The van der Waals surface area contributed by atoms with E-state index in [1.807, 2.05) is 19.1 Å². The number of benzene rings is 1. The number of carbonyl (C=O) groups excluding carboxylic acids is 1. The number of hydrogen-bond donors (Lipinski definition) is 1. The molecule has 0 aromatic heterocycles. The number of likely N-dealkylation sites (N-methyl/N-ethyl adjacent to an activating group) is 1. The molecule has 1 aromatic rings. The lowest BCUT2D eigenvalue weighted by Gasteiger charge is -2.38. The molecule has 0 radical (unpaired) electrons. The number of hydrogen-bond acceptors (Lipinski definition) is 3. The Hall–Kier alpha value is -1.40. The van der Waals surface area contributed by atoms with E-state index in [0.29, 0.717) is 6.54 Å². The number of halogens is 1. The highest BCUT2D eigenvalue weighted by Crippen LogP contribution is 2.30. The largest absolute Gasteiger partial charge is 0.479 e. The molecule has 0 saturated carbocycles. The van der Waals surface area contributed by atoms with Gasteiger partial charge in [-0.25, -0.2) is 4.79 Å². The summed E-state index contributed by atoms with van der Waals surface area (Å²) in [5, 5.41) is 9.25. The molecule has 1 aliphatic rings. The van der Waals surface area contributed by atoms with Crippen molar-refractivity contribution in [1.29, 1.82) is 0 Å². The lowest BCUT2D eigenvalue weighted by atomic mass is 9.98. The van der Waals surface area contributed by atoms with Crippen LogP contribution in [0.3, 0.4) is 0 Å². The molecular weight excluding hydrogens is 314 g/mol. The topological polar surface area (TPSA) is 66.8 Å². The summed E-state index contributed by atoms with van der Waals surface area (Å²) in [4.78, 5) is 24.7. The van der Waals surface area contributed by atoms with Crippen LogP contribution in [0.1, 0.15) is 18.5 Å². The first kappa shape index (κ1) is 14.0. The highest BCUT2D eigenvalue weighted by atomic mass is 79.9. The molecule has 19 heavy (non-hydrogen) atoms. The van der Waals surface area contributed by atoms with Crippen molar-refractivity contribution < 1.29 is 19.4 Å². The van der Waals surface area contributed by atoms with Gasteiger partial charge < -0.3 is 14.7 Å². The molecule has 0 bridgehead atoms. The number of carboxylic acids is 1. The molecule has 1 N–H and O–H groups in total. The number of rotatable bonds is 3. The zero-order valence-electron chi connectivity index (χ0n) is 10.4. The Kier molecular flexibility index (Phi) is 4.21. The molecule has 1 aromatic carbocycles. The Morgan fingerprint density at radius 3 is 2.63 bits per heavy atom. The highest BCUT2D eigenvalue weighted by molar-refractivity contribution is 9.10. The van der Waals surface area contributed by atoms with Gasteiger partial charge in [0, 0.05) is 11.0 Å². The Balaban J connectivity index is 2.40. The van der Waals surface area contributed by atoms with Crippen LogP contribution in [0.2, 0.25) is 0 Å². The molecule has 5 nitrogen and oxygen atoms in total. The number of aliphatic carboxylic acids is 1. The Morgan fingerprint density at radius 1 is 1.47 bits per heavy atom. The third-order valence-electron chi connectivity index (χ3n) is 3.12. The van der Waals surface area contributed by atoms with Crippen LogP contribution in [0, 0.1) is 0 Å². The van der Waals surface area contributed by atoms with Crippen LogP contribution in [0.5, 0.6) is 0 Å². The maximum absolute atomic E-state index is 11.8. The van der Waals surface area contributed by atoms with Gasteiger partial charge in [0.15, 0.2) is 6.10 Å². The highest BCUT2D eigenvalue weighted by Gasteiger charge is 2.41. The summed E-state index contributed by atoms with van der Waals surface area (Å²) in [6.45, 7) is 2.10. The van der Waals surface area contributed by atoms with Crippen LogP contribution >= 0.6 is 15.9 Å². The first-order valence-electron chi connectivity index (χ1n) is 5.94. The van der Waals surface area contributed by atoms with Crippen molar-refractivity contribution >= 4 is 27.8 Å². The van der Waals surface area contributed by atoms with Gasteiger partial charge >= 0.3 is 5.97 Å². The molecular formula is C13H14BrNO4. The number of carboxylic acid groups (broad SMARTS) is 1. The zero-order valence-corrected chi connectivity index (χ0v) is 12.0. The summed E-state index contributed by atoms with van der Waals surface area (Å²) < 4.78 is 6.08. The Bertz CT molecular complexity index is 486. The van der Waals surface area contributed by atoms with Gasteiger partial charge in [0.1, 0.15) is 6.61 Å². The monoisotopic (exact) mass is 327 g/mol. The van der Waals surface area contributed by atoms with Crippen LogP contribution < -0.4 is 0 Å². The fraction of sp³-hybridized carbons (Fsp3) is 0.385. The quantitative estimate of drug-likeness (QED) is 0.919. The van der Waals surface area contributed by atoms with Crippen LogP contribution in [-0.2, 0) is 14.3 Å². The zero-order chi connectivity index (χ0) is 14.0. The van der Waals surface area contributed by atoms with Crippen molar-refractivity contribution in [2.75, 3.05) is 13.2 Å². The lowest BCUT2D eigenvalue weighted by molar-refractivity contribution is -0.172. The fourth-order valence-electron chi connectivity index (χ4n) is 2.25. The maximum atomic E-state index is 11.8. The van der Waals surface area contributed by atoms with Gasteiger partial charge in [0.05, 0.1) is 6.04 Å². The molecule has 2 unspecified atom stereocenters. The van der Waals surface area contributed by atoms with Crippen LogP contribution in [0.15, 0.2) is 28.7 Å². The van der Waals surface area contributed by atoms with E-state index in [4.69, 9.17) is 4.74 Å². The van der Waals surface area contributed by atoms with Gasteiger partial charge in [-0.1, -0.05) is 28.1 Å². The SMILES string of the molecule is CCN1C(=O)COC(C(=O)O)C1c1ccc(Br)cc1. The third kappa shape index (κ3) is 2.79. The predicted molar refractivity (Wildman–Crippen MR) is 71.6 cm³/mol. The van der Waals surface area contributed by atoms with E-state index in [9.17, 15) is 14.7 Å². The van der Waals surface area contributed by atoms with E-state index >= 15 is 0 Å². The molecule has 2 atom stereocenters. The van der Waals surface area contributed by atoms with E-state index in [0.717, 1.165) is 10.0 Å². The van der Waals surface area contributed by atoms with Crippen molar-refractivity contribution in [2.24, 2.45) is 0 Å². The molecule has 1 aliphatic heterocycles. The second-order valence-electron chi connectivity index (χ2n) is 4.25. The van der Waals surface area contributed by atoms with Crippen molar-refractivity contribution in [1.82, 2.24) is 4.90 Å². The van der Waals surface area contributed by atoms with Crippen molar-refractivity contribution in [2.45, 2.75) is 19.1 Å². The van der Waals surface area contributed by atoms with Gasteiger partial charge in [-0.2, -0.15) is 0 Å². The van der Waals surface area contributed by atoms with Crippen LogP contribution in [0.4, 0.5) is 0 Å². The third-order valence-corrected chi connectivity index (χ3v) is 3.65. The molecule has 1 saturated heterocycles. The van der Waals surface area contributed by atoms with Gasteiger partial charge in [0.25, 0.3) is 0 Å². The summed E-state index contributed by atoms with van der Waals surface area (Å²) in [7, 11) is 0. The summed E-state index contributed by atoms with van der Waals surface area (Å²) in [5.41, 5.74) is 0.755. The molecule has 2 rings (SSSR count). The smallest absolute Gasteiger partial charge is 0.335 e. The van der Waals surface area contributed by atoms with Gasteiger partial charge in [0.2, 0.25) is 5.91 Å². The minimum absolute atomic E-state index is 0.183. The summed E-state index contributed by atoms with van der Waals surface area (Å²) >= 11 is 3.33. The van der Waals surface area contributed by atoms with E-state index in [-0.39, 0.29) is 12.5 Å². The van der Waals surface area contributed by atoms with Gasteiger partial charge in [-0.05, 0) is 24.6 Å². The van der Waals surface area contributed by atoms with Crippen LogP contribution in [-0.4, -0.2) is 41.1 Å². The normalized spacial score (nSPS) is 23.5. The van der Waals surface area contributed by atoms with Crippen molar-refractivity contribution in [3.63, 3.8) is 0 Å². The first-order valence-corrected chi connectivity index (χ1v) is 6.73. The van der Waals surface area contributed by atoms with E-state index in [2.05, 4.69) is 15.9 Å². The van der Waals surface area contributed by atoms with E-state index in [1.54, 1.807) is 17.0 Å². The maximum Gasteiger partial charge on any atom is 0.335 e. The molecule has 0 aliphatic carbocycles. The number of ether oxygens (including phenoxy) is 1. The minimum atomic E-state index is -1.06. The molecule has 1 heterocycles. The molecule has 0 spiro atoms. The minimum Gasteiger partial charge on any atom is -0.479 e. The van der Waals surface area contributed by atoms with Gasteiger partial charge in [-0.3, -0.25) is 4.79 Å². The second-order valence-corrected chi connectivity index (χ2v) is 5.16. The summed E-state index contributed by atoms with van der Waals surface area (Å²) in [6, 6.07) is 6.66. The number of carbonyl (C=O) groups is 2. The van der Waals surface area contributed by atoms with E-state index in [1.165, 1.54) is 0 Å². The Labute approximate surface area is 119 Å². The average Bonchev–Trinajstić information content (AvgIpc) is 2.39. The van der Waals surface area contributed by atoms with Crippen LogP contribution in [0.25, 0.3) is 0 Å². The lowest BCUT2D eigenvalue weighted by Crippen LogP contribution is -2.51. The van der Waals surface area contributed by atoms with Gasteiger partial charge in [-0.15, -0.1) is 0 Å². The number of amides is 1. The fourth-order valence-corrected chi connectivity index (χ4v) is 2.51. The molecule has 102 valence electrons.